The normalized spacial score (nSPS) is 13.2. The minimum Gasteiger partial charge on any atom is -0.354 e. The van der Waals surface area contributed by atoms with Crippen molar-refractivity contribution in [1.82, 2.24) is 24.6 Å². The maximum Gasteiger partial charge on any atom is 0.346 e. The molecule has 1 aliphatic rings. The summed E-state index contributed by atoms with van der Waals surface area (Å²) < 4.78 is 16.2. The largest absolute Gasteiger partial charge is 0.354 e. The Morgan fingerprint density at radius 1 is 1.03 bits per heavy atom. The second-order valence-corrected chi connectivity index (χ2v) is 7.32. The third-order valence-electron chi connectivity index (χ3n) is 5.19. The fourth-order valence-electron chi connectivity index (χ4n) is 3.53. The summed E-state index contributed by atoms with van der Waals surface area (Å²) in [6.07, 6.45) is 0.671. The van der Waals surface area contributed by atoms with Crippen LogP contribution in [0.4, 0.5) is 4.39 Å². The highest BCUT2D eigenvalue weighted by molar-refractivity contribution is 5.91. The van der Waals surface area contributed by atoms with E-state index in [2.05, 4.69) is 10.4 Å². The van der Waals surface area contributed by atoms with E-state index in [0.717, 1.165) is 10.2 Å². The van der Waals surface area contributed by atoms with Gasteiger partial charge in [0.05, 0.1) is 0 Å². The Labute approximate surface area is 177 Å². The van der Waals surface area contributed by atoms with E-state index in [1.807, 2.05) is 30.3 Å². The molecule has 1 N–H and O–H groups in total. The van der Waals surface area contributed by atoms with Gasteiger partial charge in [0.25, 0.3) is 5.91 Å². The molecule has 9 heteroatoms. The number of fused-ring (bicyclic) bond motifs is 1. The van der Waals surface area contributed by atoms with Gasteiger partial charge < -0.3 is 10.2 Å². The Kier molecular flexibility index (Phi) is 5.92. The van der Waals surface area contributed by atoms with E-state index in [-0.39, 0.29) is 37.9 Å². The summed E-state index contributed by atoms with van der Waals surface area (Å²) in [5.41, 5.74) is 0.980. The third kappa shape index (κ3) is 4.55. The number of benzene rings is 2. The van der Waals surface area contributed by atoms with E-state index in [0.29, 0.717) is 18.5 Å². The maximum atomic E-state index is 13.9. The summed E-state index contributed by atoms with van der Waals surface area (Å²) in [5.74, 6) is -1.25. The van der Waals surface area contributed by atoms with Crippen LogP contribution in [0.25, 0.3) is 0 Å². The summed E-state index contributed by atoms with van der Waals surface area (Å²) in [6.45, 7) is 0.750. The molecule has 1 aliphatic heterocycles. The van der Waals surface area contributed by atoms with Crippen LogP contribution in [0.15, 0.2) is 59.4 Å². The summed E-state index contributed by atoms with van der Waals surface area (Å²) in [7, 11) is 0. The van der Waals surface area contributed by atoms with Gasteiger partial charge in [0, 0.05) is 31.7 Å². The molecule has 4 rings (SSSR count). The van der Waals surface area contributed by atoms with Gasteiger partial charge in [-0.15, -0.1) is 5.10 Å². The van der Waals surface area contributed by atoms with Crippen LogP contribution in [-0.2, 0) is 30.8 Å². The molecule has 0 bridgehead atoms. The quantitative estimate of drug-likeness (QED) is 0.619. The number of nitrogens with one attached hydrogen (secondary N) is 1. The van der Waals surface area contributed by atoms with Gasteiger partial charge in [0.2, 0.25) is 11.7 Å². The van der Waals surface area contributed by atoms with Crippen molar-refractivity contribution < 1.29 is 14.0 Å². The van der Waals surface area contributed by atoms with Crippen LogP contribution in [-0.4, -0.2) is 44.2 Å². The molecular weight excluding hydrogens is 401 g/mol. The predicted octanol–water partition coefficient (Wildman–Crippen LogP) is 1.20. The molecule has 2 heterocycles. The lowest BCUT2D eigenvalue weighted by Gasteiger charge is -2.26. The summed E-state index contributed by atoms with van der Waals surface area (Å²) in [4.78, 5) is 39.0. The summed E-state index contributed by atoms with van der Waals surface area (Å²) in [6, 6.07) is 16.0. The number of amides is 2. The van der Waals surface area contributed by atoms with Crippen LogP contribution in [0.1, 0.15) is 21.7 Å². The van der Waals surface area contributed by atoms with Crippen LogP contribution in [0.2, 0.25) is 0 Å². The van der Waals surface area contributed by atoms with Gasteiger partial charge in [-0.25, -0.2) is 13.9 Å². The highest BCUT2D eigenvalue weighted by atomic mass is 19.1. The highest BCUT2D eigenvalue weighted by Gasteiger charge is 2.30. The average Bonchev–Trinajstić information content (AvgIpc) is 3.08. The Bertz CT molecular complexity index is 1160. The molecular formula is C22H22FN5O3. The van der Waals surface area contributed by atoms with Crippen LogP contribution in [0.5, 0.6) is 0 Å². The van der Waals surface area contributed by atoms with E-state index in [1.54, 1.807) is 18.2 Å². The van der Waals surface area contributed by atoms with Crippen molar-refractivity contribution >= 4 is 11.8 Å². The van der Waals surface area contributed by atoms with Crippen molar-refractivity contribution in [3.63, 3.8) is 0 Å². The average molecular weight is 423 g/mol. The van der Waals surface area contributed by atoms with E-state index in [1.165, 1.54) is 15.5 Å². The smallest absolute Gasteiger partial charge is 0.346 e. The predicted molar refractivity (Wildman–Crippen MR) is 111 cm³/mol. The molecule has 0 radical (unpaired) electrons. The lowest BCUT2D eigenvalue weighted by atomic mass is 10.1. The lowest BCUT2D eigenvalue weighted by Crippen LogP contribution is -2.42. The van der Waals surface area contributed by atoms with Crippen LogP contribution >= 0.6 is 0 Å². The Balaban J connectivity index is 1.39. The molecule has 8 nitrogen and oxygen atoms in total. The summed E-state index contributed by atoms with van der Waals surface area (Å²) >= 11 is 0. The van der Waals surface area contributed by atoms with Gasteiger partial charge >= 0.3 is 5.69 Å². The Morgan fingerprint density at radius 2 is 1.77 bits per heavy atom. The molecule has 0 spiro atoms. The standard InChI is InChI=1S/C22H22FN5O3/c23-18-9-5-4-8-17(18)14-26-12-13-27-20(21(26)30)25-28(22(27)31)15-19(29)24-11-10-16-6-2-1-3-7-16/h1-9H,10-15H2,(H,24,29). The van der Waals surface area contributed by atoms with Crippen molar-refractivity contribution in [2.24, 2.45) is 0 Å². The third-order valence-corrected chi connectivity index (χ3v) is 5.19. The lowest BCUT2D eigenvalue weighted by molar-refractivity contribution is -0.121. The molecule has 0 saturated heterocycles. The summed E-state index contributed by atoms with van der Waals surface area (Å²) in [5, 5.41) is 6.83. The van der Waals surface area contributed by atoms with Crippen molar-refractivity contribution in [3.05, 3.63) is 87.9 Å². The molecule has 1 aromatic heterocycles. The Hall–Kier alpha value is -3.75. The number of carbonyl (C=O) groups is 2. The molecule has 3 aromatic rings. The van der Waals surface area contributed by atoms with Gasteiger partial charge in [0.1, 0.15) is 12.4 Å². The van der Waals surface area contributed by atoms with Gasteiger partial charge in [-0.2, -0.15) is 0 Å². The van der Waals surface area contributed by atoms with Crippen molar-refractivity contribution in [2.75, 3.05) is 13.1 Å². The molecule has 0 fully saturated rings. The zero-order valence-corrected chi connectivity index (χ0v) is 16.8. The first-order valence-electron chi connectivity index (χ1n) is 10.0. The van der Waals surface area contributed by atoms with Crippen LogP contribution in [0, 0.1) is 5.82 Å². The molecule has 0 saturated carbocycles. The molecule has 0 aliphatic carbocycles. The number of hydrogen-bond acceptors (Lipinski definition) is 4. The fraction of sp³-hybridized carbons (Fsp3) is 0.273. The number of nitrogens with zero attached hydrogens (tertiary/aromatic N) is 4. The number of rotatable bonds is 7. The number of aromatic nitrogens is 3. The molecule has 2 aromatic carbocycles. The zero-order valence-electron chi connectivity index (χ0n) is 16.8. The minimum absolute atomic E-state index is 0.0373. The van der Waals surface area contributed by atoms with Gasteiger partial charge in [0.15, 0.2) is 0 Å². The van der Waals surface area contributed by atoms with Crippen LogP contribution < -0.4 is 11.0 Å². The minimum atomic E-state index is -0.507. The van der Waals surface area contributed by atoms with Crippen LogP contribution in [0.3, 0.4) is 0 Å². The SMILES string of the molecule is O=C(Cn1nc2n(c1=O)CCN(Cc1ccccc1F)C2=O)NCCc1ccccc1. The first-order valence-corrected chi connectivity index (χ1v) is 10.0. The number of halogens is 1. The van der Waals surface area contributed by atoms with Gasteiger partial charge in [-0.05, 0) is 18.1 Å². The number of hydrogen-bond donors (Lipinski definition) is 1. The topological polar surface area (TPSA) is 89.2 Å². The van der Waals surface area contributed by atoms with Crippen molar-refractivity contribution in [3.8, 4) is 0 Å². The van der Waals surface area contributed by atoms with E-state index < -0.39 is 17.4 Å². The number of carbonyl (C=O) groups excluding carboxylic acids is 2. The zero-order chi connectivity index (χ0) is 21.8. The van der Waals surface area contributed by atoms with Crippen molar-refractivity contribution in [2.45, 2.75) is 26.1 Å². The van der Waals surface area contributed by atoms with Gasteiger partial charge in [-0.1, -0.05) is 48.5 Å². The molecule has 0 atom stereocenters. The van der Waals surface area contributed by atoms with E-state index >= 15 is 0 Å². The first-order chi connectivity index (χ1) is 15.0. The molecule has 2 amide bonds. The molecule has 31 heavy (non-hydrogen) atoms. The molecule has 160 valence electrons. The monoisotopic (exact) mass is 423 g/mol. The second kappa shape index (κ2) is 8.95. The van der Waals surface area contributed by atoms with E-state index in [4.69, 9.17) is 0 Å². The highest BCUT2D eigenvalue weighted by Crippen LogP contribution is 2.15. The second-order valence-electron chi connectivity index (χ2n) is 7.32. The fourth-order valence-corrected chi connectivity index (χ4v) is 3.53. The Morgan fingerprint density at radius 3 is 2.55 bits per heavy atom. The first kappa shape index (κ1) is 20.5. The van der Waals surface area contributed by atoms with Gasteiger partial charge in [-0.3, -0.25) is 14.2 Å². The van der Waals surface area contributed by atoms with E-state index in [9.17, 15) is 18.8 Å². The maximum absolute atomic E-state index is 13.9. The van der Waals surface area contributed by atoms with Crippen molar-refractivity contribution in [1.29, 1.82) is 0 Å². The molecule has 0 unspecified atom stereocenters.